The van der Waals surface area contributed by atoms with E-state index in [-0.39, 0.29) is 12.5 Å². The Balaban J connectivity index is 1.41. The number of nitrogens with one attached hydrogen (secondary N) is 1. The molecule has 0 saturated heterocycles. The summed E-state index contributed by atoms with van der Waals surface area (Å²) in [6.07, 6.45) is 0. The zero-order valence-corrected chi connectivity index (χ0v) is 16.4. The van der Waals surface area contributed by atoms with Gasteiger partial charge in [-0.1, -0.05) is 54.1 Å². The van der Waals surface area contributed by atoms with Crippen LogP contribution in [0.15, 0.2) is 78.9 Å². The van der Waals surface area contributed by atoms with E-state index in [4.69, 9.17) is 21.1 Å². The average molecular weight is 410 g/mol. The van der Waals surface area contributed by atoms with Crippen molar-refractivity contribution in [1.82, 2.24) is 5.32 Å². The quantitative estimate of drug-likeness (QED) is 0.560. The molecule has 0 spiro atoms. The fourth-order valence-electron chi connectivity index (χ4n) is 2.49. The molecule has 1 N–H and O–H groups in total. The van der Waals surface area contributed by atoms with Gasteiger partial charge >= 0.3 is 5.97 Å². The molecule has 0 aliphatic rings. The summed E-state index contributed by atoms with van der Waals surface area (Å²) in [7, 11) is 0. The lowest BCUT2D eigenvalue weighted by Gasteiger charge is -2.08. The first-order valence-electron chi connectivity index (χ1n) is 9.05. The molecule has 0 unspecified atom stereocenters. The Bertz CT molecular complexity index is 941. The van der Waals surface area contributed by atoms with Gasteiger partial charge in [0.2, 0.25) is 0 Å². The number of benzene rings is 3. The molecule has 0 aliphatic carbocycles. The smallest absolute Gasteiger partial charge is 0.338 e. The van der Waals surface area contributed by atoms with Crippen molar-refractivity contribution in [2.75, 3.05) is 6.61 Å². The number of amides is 1. The Kier molecular flexibility index (Phi) is 7.25. The van der Waals surface area contributed by atoms with Gasteiger partial charge in [-0.3, -0.25) is 4.79 Å². The van der Waals surface area contributed by atoms with Crippen molar-refractivity contribution in [2.45, 2.75) is 13.2 Å². The molecule has 29 heavy (non-hydrogen) atoms. The molecular formula is C23H20ClNO4. The second-order valence-corrected chi connectivity index (χ2v) is 6.71. The SMILES string of the molecule is O=C(COC(=O)c1ccc(COc2ccccc2)cc1)NCc1ccc(Cl)cc1. The first-order valence-corrected chi connectivity index (χ1v) is 9.43. The second-order valence-electron chi connectivity index (χ2n) is 6.28. The number of carbonyl (C=O) groups is 2. The molecule has 0 fully saturated rings. The average Bonchev–Trinajstić information content (AvgIpc) is 2.76. The molecule has 3 aromatic rings. The fourth-order valence-corrected chi connectivity index (χ4v) is 2.61. The van der Waals surface area contributed by atoms with Crippen LogP contribution >= 0.6 is 11.6 Å². The van der Waals surface area contributed by atoms with Gasteiger partial charge < -0.3 is 14.8 Å². The minimum Gasteiger partial charge on any atom is -0.489 e. The number of ether oxygens (including phenoxy) is 2. The molecule has 0 heterocycles. The zero-order chi connectivity index (χ0) is 20.5. The van der Waals surface area contributed by atoms with Crippen LogP contribution in [0, 0.1) is 0 Å². The lowest BCUT2D eigenvalue weighted by atomic mass is 10.1. The summed E-state index contributed by atoms with van der Waals surface area (Å²) in [6.45, 7) is 0.390. The van der Waals surface area contributed by atoms with Crippen LogP contribution in [0.4, 0.5) is 0 Å². The summed E-state index contributed by atoms with van der Waals surface area (Å²) in [5, 5.41) is 3.32. The molecule has 0 aromatic heterocycles. The third kappa shape index (κ3) is 6.66. The van der Waals surface area contributed by atoms with Crippen molar-refractivity contribution in [1.29, 1.82) is 0 Å². The van der Waals surface area contributed by atoms with Gasteiger partial charge in [0.1, 0.15) is 12.4 Å². The van der Waals surface area contributed by atoms with Gasteiger partial charge in [0.25, 0.3) is 5.91 Å². The van der Waals surface area contributed by atoms with Crippen LogP contribution in [0.5, 0.6) is 5.75 Å². The Morgan fingerprint density at radius 2 is 1.48 bits per heavy atom. The van der Waals surface area contributed by atoms with Crippen LogP contribution in [0.1, 0.15) is 21.5 Å². The lowest BCUT2D eigenvalue weighted by molar-refractivity contribution is -0.124. The predicted octanol–water partition coefficient (Wildman–Crippen LogP) is 4.39. The molecule has 0 saturated carbocycles. The van der Waals surface area contributed by atoms with Crippen molar-refractivity contribution in [3.8, 4) is 5.75 Å². The molecule has 0 aliphatic heterocycles. The van der Waals surface area contributed by atoms with Crippen molar-refractivity contribution < 1.29 is 19.1 Å². The molecule has 0 bridgehead atoms. The first-order chi connectivity index (χ1) is 14.1. The van der Waals surface area contributed by atoms with Gasteiger partial charge in [-0.25, -0.2) is 4.79 Å². The van der Waals surface area contributed by atoms with Crippen LogP contribution < -0.4 is 10.1 Å². The number of esters is 1. The number of carbonyl (C=O) groups excluding carboxylic acids is 2. The standard InChI is InChI=1S/C23H20ClNO4/c24-20-12-8-17(9-13-20)14-25-22(26)16-29-23(27)19-10-6-18(7-11-19)15-28-21-4-2-1-3-5-21/h1-13H,14-16H2,(H,25,26). The summed E-state index contributed by atoms with van der Waals surface area (Å²) < 4.78 is 10.7. The number of hydrogen-bond donors (Lipinski definition) is 1. The van der Waals surface area contributed by atoms with Gasteiger partial charge in [-0.15, -0.1) is 0 Å². The second kappa shape index (κ2) is 10.3. The summed E-state index contributed by atoms with van der Waals surface area (Å²) >= 11 is 5.82. The van der Waals surface area contributed by atoms with Gasteiger partial charge in [0, 0.05) is 11.6 Å². The lowest BCUT2D eigenvalue weighted by Crippen LogP contribution is -2.28. The number of hydrogen-bond acceptors (Lipinski definition) is 4. The molecule has 0 radical (unpaired) electrons. The van der Waals surface area contributed by atoms with E-state index in [1.165, 1.54) is 0 Å². The summed E-state index contributed by atoms with van der Waals surface area (Å²) in [5.41, 5.74) is 2.20. The van der Waals surface area contributed by atoms with Crippen molar-refractivity contribution in [3.05, 3.63) is 101 Å². The molecule has 5 nitrogen and oxygen atoms in total. The highest BCUT2D eigenvalue weighted by molar-refractivity contribution is 6.30. The Morgan fingerprint density at radius 3 is 2.17 bits per heavy atom. The van der Waals surface area contributed by atoms with E-state index in [1.807, 2.05) is 42.5 Å². The molecule has 3 rings (SSSR count). The summed E-state index contributed by atoms with van der Waals surface area (Å²) in [4.78, 5) is 24.0. The highest BCUT2D eigenvalue weighted by Crippen LogP contribution is 2.13. The van der Waals surface area contributed by atoms with Crippen molar-refractivity contribution >= 4 is 23.5 Å². The minimum absolute atomic E-state index is 0.337. The van der Waals surface area contributed by atoms with Crippen molar-refractivity contribution in [3.63, 3.8) is 0 Å². The van der Waals surface area contributed by atoms with E-state index in [0.29, 0.717) is 23.7 Å². The molecule has 0 atom stereocenters. The van der Waals surface area contributed by atoms with Crippen LogP contribution in [-0.4, -0.2) is 18.5 Å². The highest BCUT2D eigenvalue weighted by Gasteiger charge is 2.10. The third-order valence-electron chi connectivity index (χ3n) is 4.08. The highest BCUT2D eigenvalue weighted by atomic mass is 35.5. The van der Waals surface area contributed by atoms with Gasteiger partial charge in [-0.05, 0) is 47.5 Å². The molecule has 148 valence electrons. The molecular weight excluding hydrogens is 390 g/mol. The number of para-hydroxylation sites is 1. The van der Waals surface area contributed by atoms with Crippen LogP contribution in [0.2, 0.25) is 5.02 Å². The zero-order valence-electron chi connectivity index (χ0n) is 15.6. The molecule has 6 heteroatoms. The normalized spacial score (nSPS) is 10.2. The van der Waals surface area contributed by atoms with Crippen LogP contribution in [0.3, 0.4) is 0 Å². The van der Waals surface area contributed by atoms with E-state index in [0.717, 1.165) is 16.9 Å². The van der Waals surface area contributed by atoms with Gasteiger partial charge in [-0.2, -0.15) is 0 Å². The third-order valence-corrected chi connectivity index (χ3v) is 4.33. The molecule has 1 amide bonds. The maximum atomic E-state index is 12.1. The van der Waals surface area contributed by atoms with E-state index >= 15 is 0 Å². The van der Waals surface area contributed by atoms with Crippen molar-refractivity contribution in [2.24, 2.45) is 0 Å². The monoisotopic (exact) mass is 409 g/mol. The fraction of sp³-hybridized carbons (Fsp3) is 0.130. The van der Waals surface area contributed by atoms with E-state index < -0.39 is 5.97 Å². The van der Waals surface area contributed by atoms with Gasteiger partial charge in [0.05, 0.1) is 5.56 Å². The molecule has 3 aromatic carbocycles. The first kappa shape index (κ1) is 20.4. The Morgan fingerprint density at radius 1 is 0.828 bits per heavy atom. The van der Waals surface area contributed by atoms with Crippen LogP contribution in [-0.2, 0) is 22.7 Å². The maximum absolute atomic E-state index is 12.1. The number of halogens is 1. The Labute approximate surface area is 174 Å². The largest absolute Gasteiger partial charge is 0.489 e. The van der Waals surface area contributed by atoms with E-state index in [9.17, 15) is 9.59 Å². The Hall–Kier alpha value is -3.31. The maximum Gasteiger partial charge on any atom is 0.338 e. The van der Waals surface area contributed by atoms with E-state index in [2.05, 4.69) is 5.32 Å². The number of rotatable bonds is 8. The summed E-state index contributed by atoms with van der Waals surface area (Å²) in [6, 6.07) is 23.5. The summed E-state index contributed by atoms with van der Waals surface area (Å²) in [5.74, 6) is -0.149. The van der Waals surface area contributed by atoms with Gasteiger partial charge in [0.15, 0.2) is 6.61 Å². The predicted molar refractivity (Wildman–Crippen MR) is 111 cm³/mol. The minimum atomic E-state index is -0.554. The topological polar surface area (TPSA) is 64.6 Å². The van der Waals surface area contributed by atoms with Crippen LogP contribution in [0.25, 0.3) is 0 Å². The van der Waals surface area contributed by atoms with E-state index in [1.54, 1.807) is 36.4 Å².